The summed E-state index contributed by atoms with van der Waals surface area (Å²) in [6, 6.07) is 4.27. The van der Waals surface area contributed by atoms with Crippen LogP contribution in [-0.4, -0.2) is 12.1 Å². The molecule has 1 aliphatic carbocycles. The van der Waals surface area contributed by atoms with Crippen LogP contribution in [0.5, 0.6) is 0 Å². The van der Waals surface area contributed by atoms with E-state index in [4.69, 9.17) is 0 Å². The molecule has 116 valence electrons. The highest BCUT2D eigenvalue weighted by Gasteiger charge is 2.31. The summed E-state index contributed by atoms with van der Waals surface area (Å²) in [6.07, 6.45) is -2.15. The Bertz CT molecular complexity index is 512. The first-order chi connectivity index (χ1) is 9.77. The van der Waals surface area contributed by atoms with Crippen LogP contribution in [-0.2, 0) is 6.18 Å². The summed E-state index contributed by atoms with van der Waals surface area (Å²) in [4.78, 5) is 11.8. The molecule has 2 rings (SSSR count). The normalized spacial score (nSPS) is 18.0. The molecule has 0 aliphatic heterocycles. The predicted molar refractivity (Wildman–Crippen MR) is 73.7 cm³/mol. The highest BCUT2D eigenvalue weighted by atomic mass is 19.4. The molecule has 0 heterocycles. The molecule has 2 N–H and O–H groups in total. The Hall–Kier alpha value is -1.72. The lowest BCUT2D eigenvalue weighted by atomic mass is 10.1. The van der Waals surface area contributed by atoms with E-state index in [1.165, 1.54) is 6.07 Å². The van der Waals surface area contributed by atoms with Crippen molar-refractivity contribution in [2.75, 3.05) is 0 Å². The zero-order chi connectivity index (χ0) is 15.6. The third-order valence-corrected chi connectivity index (χ3v) is 3.75. The largest absolute Gasteiger partial charge is 0.416 e. The van der Waals surface area contributed by atoms with Gasteiger partial charge in [0.1, 0.15) is 0 Å². The van der Waals surface area contributed by atoms with Gasteiger partial charge in [0.05, 0.1) is 11.6 Å². The molecule has 0 saturated heterocycles. The van der Waals surface area contributed by atoms with Crippen molar-refractivity contribution in [1.82, 2.24) is 10.6 Å². The topological polar surface area (TPSA) is 41.1 Å². The average Bonchev–Trinajstić information content (AvgIpc) is 3.21. The molecule has 2 atom stereocenters. The molecule has 3 nitrogen and oxygen atoms in total. The number of amides is 2. The van der Waals surface area contributed by atoms with Crippen LogP contribution in [0.25, 0.3) is 0 Å². The second-order valence-electron chi connectivity index (χ2n) is 5.59. The average molecular weight is 300 g/mol. The second kappa shape index (κ2) is 5.95. The molecule has 6 heteroatoms. The fourth-order valence-electron chi connectivity index (χ4n) is 2.23. The van der Waals surface area contributed by atoms with Gasteiger partial charge < -0.3 is 10.6 Å². The molecular weight excluding hydrogens is 281 g/mol. The summed E-state index contributed by atoms with van der Waals surface area (Å²) in [5.41, 5.74) is -0.278. The Morgan fingerprint density at radius 2 is 1.90 bits per heavy atom. The highest BCUT2D eigenvalue weighted by molar-refractivity contribution is 5.74. The first kappa shape index (κ1) is 15.7. The van der Waals surface area contributed by atoms with E-state index >= 15 is 0 Å². The van der Waals surface area contributed by atoms with E-state index in [1.54, 1.807) is 13.0 Å². The molecule has 1 fully saturated rings. The van der Waals surface area contributed by atoms with E-state index in [9.17, 15) is 18.0 Å². The Morgan fingerprint density at radius 1 is 1.24 bits per heavy atom. The fourth-order valence-corrected chi connectivity index (χ4v) is 2.23. The van der Waals surface area contributed by atoms with Gasteiger partial charge >= 0.3 is 12.2 Å². The lowest BCUT2D eigenvalue weighted by Crippen LogP contribution is -2.42. The first-order valence-electron chi connectivity index (χ1n) is 7.01. The van der Waals surface area contributed by atoms with Crippen LogP contribution in [0, 0.1) is 5.92 Å². The number of carbonyl (C=O) groups is 1. The first-order valence-corrected chi connectivity index (χ1v) is 7.01. The minimum atomic E-state index is -4.38. The third-order valence-electron chi connectivity index (χ3n) is 3.75. The Balaban J connectivity index is 1.96. The predicted octanol–water partition coefficient (Wildman–Crippen LogP) is 3.86. The molecule has 0 bridgehead atoms. The SMILES string of the molecule is CC(NC(=O)NC(C)C1CC1)c1cccc(C(F)(F)F)c1. The number of carbonyl (C=O) groups excluding carboxylic acids is 1. The van der Waals surface area contributed by atoms with E-state index in [1.807, 2.05) is 6.92 Å². The van der Waals surface area contributed by atoms with E-state index in [2.05, 4.69) is 10.6 Å². The Kier molecular flexibility index (Phi) is 4.44. The van der Waals surface area contributed by atoms with Gasteiger partial charge in [-0.3, -0.25) is 0 Å². The summed E-state index contributed by atoms with van der Waals surface area (Å²) in [5, 5.41) is 5.49. The van der Waals surface area contributed by atoms with E-state index in [-0.39, 0.29) is 12.1 Å². The third kappa shape index (κ3) is 4.37. The summed E-state index contributed by atoms with van der Waals surface area (Å²) in [5.74, 6) is 0.527. The van der Waals surface area contributed by atoms with Gasteiger partial charge in [0.15, 0.2) is 0 Å². The molecule has 0 spiro atoms. The second-order valence-corrected chi connectivity index (χ2v) is 5.59. The smallest absolute Gasteiger partial charge is 0.335 e. The van der Waals surface area contributed by atoms with Crippen molar-refractivity contribution in [2.45, 2.75) is 44.9 Å². The minimum Gasteiger partial charge on any atom is -0.335 e. The Morgan fingerprint density at radius 3 is 2.48 bits per heavy atom. The summed E-state index contributed by atoms with van der Waals surface area (Å²) in [7, 11) is 0. The van der Waals surface area contributed by atoms with Crippen LogP contribution >= 0.6 is 0 Å². The molecule has 0 radical (unpaired) electrons. The molecular formula is C15H19F3N2O. The van der Waals surface area contributed by atoms with Crippen molar-refractivity contribution in [2.24, 2.45) is 5.92 Å². The minimum absolute atomic E-state index is 0.0960. The highest BCUT2D eigenvalue weighted by Crippen LogP contribution is 2.32. The van der Waals surface area contributed by atoms with Crippen LogP contribution in [0.1, 0.15) is 43.9 Å². The van der Waals surface area contributed by atoms with Gasteiger partial charge in [-0.2, -0.15) is 13.2 Å². The lowest BCUT2D eigenvalue weighted by Gasteiger charge is -2.19. The molecule has 21 heavy (non-hydrogen) atoms. The molecule has 2 amide bonds. The van der Waals surface area contributed by atoms with Gasteiger partial charge in [-0.15, -0.1) is 0 Å². The van der Waals surface area contributed by atoms with Gasteiger partial charge in [-0.25, -0.2) is 4.79 Å². The quantitative estimate of drug-likeness (QED) is 0.871. The summed E-state index contributed by atoms with van der Waals surface area (Å²) >= 11 is 0. The number of halogens is 3. The summed E-state index contributed by atoms with van der Waals surface area (Å²) in [6.45, 7) is 3.60. The van der Waals surface area contributed by atoms with E-state index < -0.39 is 17.8 Å². The van der Waals surface area contributed by atoms with Crippen molar-refractivity contribution in [3.8, 4) is 0 Å². The van der Waals surface area contributed by atoms with Gasteiger partial charge in [0.2, 0.25) is 0 Å². The maximum atomic E-state index is 12.7. The van der Waals surface area contributed by atoms with Gasteiger partial charge in [-0.1, -0.05) is 12.1 Å². The van der Waals surface area contributed by atoms with Crippen molar-refractivity contribution < 1.29 is 18.0 Å². The van der Waals surface area contributed by atoms with Gasteiger partial charge in [0, 0.05) is 6.04 Å². The standard InChI is InChI=1S/C15H19F3N2O/c1-9(11-6-7-11)19-14(21)20-10(2)12-4-3-5-13(8-12)15(16,17)18/h3-5,8-11H,6-7H2,1-2H3,(H2,19,20,21). The molecule has 1 aliphatic rings. The number of hydrogen-bond acceptors (Lipinski definition) is 1. The van der Waals surface area contributed by atoms with E-state index in [0.29, 0.717) is 11.5 Å². The van der Waals surface area contributed by atoms with Crippen molar-refractivity contribution >= 4 is 6.03 Å². The number of benzene rings is 1. The number of urea groups is 1. The maximum Gasteiger partial charge on any atom is 0.416 e. The van der Waals surface area contributed by atoms with E-state index in [0.717, 1.165) is 25.0 Å². The van der Waals surface area contributed by atoms with Crippen LogP contribution in [0.15, 0.2) is 24.3 Å². The zero-order valence-corrected chi connectivity index (χ0v) is 12.0. The van der Waals surface area contributed by atoms with Crippen LogP contribution in [0.2, 0.25) is 0 Å². The van der Waals surface area contributed by atoms with Crippen LogP contribution in [0.4, 0.5) is 18.0 Å². The zero-order valence-electron chi connectivity index (χ0n) is 12.0. The monoisotopic (exact) mass is 300 g/mol. The number of nitrogens with one attached hydrogen (secondary N) is 2. The van der Waals surface area contributed by atoms with Gasteiger partial charge in [0.25, 0.3) is 0 Å². The van der Waals surface area contributed by atoms with Crippen LogP contribution in [0.3, 0.4) is 0 Å². The molecule has 1 saturated carbocycles. The van der Waals surface area contributed by atoms with Crippen molar-refractivity contribution in [3.63, 3.8) is 0 Å². The Labute approximate surface area is 121 Å². The summed E-state index contributed by atoms with van der Waals surface area (Å²) < 4.78 is 38.0. The molecule has 1 aromatic rings. The maximum absolute atomic E-state index is 12.7. The van der Waals surface area contributed by atoms with Crippen LogP contribution < -0.4 is 10.6 Å². The molecule has 1 aromatic carbocycles. The van der Waals surface area contributed by atoms with Gasteiger partial charge in [-0.05, 0) is 50.3 Å². The van der Waals surface area contributed by atoms with Crippen molar-refractivity contribution in [3.05, 3.63) is 35.4 Å². The fraction of sp³-hybridized carbons (Fsp3) is 0.533. The molecule has 0 aromatic heterocycles. The van der Waals surface area contributed by atoms with Crippen molar-refractivity contribution in [1.29, 1.82) is 0 Å². The number of hydrogen-bond donors (Lipinski definition) is 2. The molecule has 2 unspecified atom stereocenters. The number of rotatable bonds is 4. The lowest BCUT2D eigenvalue weighted by molar-refractivity contribution is -0.137. The number of alkyl halides is 3.